The van der Waals surface area contributed by atoms with Gasteiger partial charge in [0.25, 0.3) is 10.2 Å². The van der Waals surface area contributed by atoms with Crippen molar-refractivity contribution in [1.82, 2.24) is 24.0 Å². The summed E-state index contributed by atoms with van der Waals surface area (Å²) >= 11 is 0. The van der Waals surface area contributed by atoms with Gasteiger partial charge in [-0.15, -0.1) is 5.10 Å². The van der Waals surface area contributed by atoms with E-state index in [1.54, 1.807) is 17.1 Å². The average molecular weight is 289 g/mol. The van der Waals surface area contributed by atoms with E-state index in [2.05, 4.69) is 15.0 Å². The summed E-state index contributed by atoms with van der Waals surface area (Å²) in [6.45, 7) is 1.64. The fourth-order valence-corrected chi connectivity index (χ4v) is 3.43. The molecule has 0 aliphatic carbocycles. The summed E-state index contributed by atoms with van der Waals surface area (Å²) in [7, 11) is -3.47. The molecule has 0 bridgehead atoms. The highest BCUT2D eigenvalue weighted by atomic mass is 32.2. The Morgan fingerprint density at radius 2 is 2.32 bits per heavy atom. The Morgan fingerprint density at radius 1 is 1.47 bits per heavy atom. The number of piperidine rings is 1. The van der Waals surface area contributed by atoms with Crippen LogP contribution in [0.5, 0.6) is 0 Å². The highest BCUT2D eigenvalue weighted by Crippen LogP contribution is 2.17. The van der Waals surface area contributed by atoms with Crippen LogP contribution < -0.4 is 4.72 Å². The van der Waals surface area contributed by atoms with Gasteiger partial charge in [-0.2, -0.15) is 12.7 Å². The second kappa shape index (κ2) is 6.42. The molecule has 2 rings (SSSR count). The average Bonchev–Trinajstić information content (AvgIpc) is 2.92. The Balaban J connectivity index is 1.83. The second-order valence-electron chi connectivity index (χ2n) is 4.61. The Morgan fingerprint density at radius 3 is 3.00 bits per heavy atom. The zero-order chi connectivity index (χ0) is 13.7. The first-order valence-electron chi connectivity index (χ1n) is 6.31. The molecule has 108 valence electrons. The van der Waals surface area contributed by atoms with Crippen molar-refractivity contribution in [1.29, 1.82) is 0 Å². The molecule has 0 spiro atoms. The first-order chi connectivity index (χ1) is 9.12. The molecule has 1 aliphatic heterocycles. The van der Waals surface area contributed by atoms with Crippen molar-refractivity contribution in [3.8, 4) is 0 Å². The highest BCUT2D eigenvalue weighted by Gasteiger charge is 2.28. The van der Waals surface area contributed by atoms with E-state index in [0.29, 0.717) is 19.6 Å². The van der Waals surface area contributed by atoms with Gasteiger partial charge in [-0.3, -0.25) is 4.68 Å². The number of nitrogens with one attached hydrogen (secondary N) is 1. The maximum atomic E-state index is 12.1. The Hall–Kier alpha value is -1.03. The molecule has 0 amide bonds. The van der Waals surface area contributed by atoms with Crippen molar-refractivity contribution in [3.05, 3.63) is 12.4 Å². The van der Waals surface area contributed by atoms with Crippen LogP contribution in [0.3, 0.4) is 0 Å². The van der Waals surface area contributed by atoms with E-state index in [1.165, 1.54) is 4.31 Å². The summed E-state index contributed by atoms with van der Waals surface area (Å²) in [5, 5.41) is 16.5. The van der Waals surface area contributed by atoms with Crippen LogP contribution in [0.4, 0.5) is 0 Å². The summed E-state index contributed by atoms with van der Waals surface area (Å²) in [5.41, 5.74) is 0. The molecule has 19 heavy (non-hydrogen) atoms. The third-order valence-corrected chi connectivity index (χ3v) is 4.76. The number of aromatic nitrogens is 3. The predicted octanol–water partition coefficient (Wildman–Crippen LogP) is -1.18. The maximum absolute atomic E-state index is 12.1. The van der Waals surface area contributed by atoms with Gasteiger partial charge in [-0.1, -0.05) is 5.21 Å². The molecule has 1 atom stereocenters. The molecule has 9 heteroatoms. The van der Waals surface area contributed by atoms with Crippen molar-refractivity contribution in [3.63, 3.8) is 0 Å². The van der Waals surface area contributed by atoms with E-state index in [0.717, 1.165) is 12.8 Å². The summed E-state index contributed by atoms with van der Waals surface area (Å²) in [6, 6.07) is 0. The summed E-state index contributed by atoms with van der Waals surface area (Å²) < 4.78 is 29.6. The summed E-state index contributed by atoms with van der Waals surface area (Å²) in [4.78, 5) is 0. The molecule has 2 N–H and O–H groups in total. The van der Waals surface area contributed by atoms with E-state index in [9.17, 15) is 8.42 Å². The maximum Gasteiger partial charge on any atom is 0.279 e. The fourth-order valence-electron chi connectivity index (χ4n) is 2.13. The van der Waals surface area contributed by atoms with Gasteiger partial charge in [0.1, 0.15) is 0 Å². The van der Waals surface area contributed by atoms with Gasteiger partial charge in [0.05, 0.1) is 12.7 Å². The smallest absolute Gasteiger partial charge is 0.279 e. The topological polar surface area (TPSA) is 100 Å². The first kappa shape index (κ1) is 14.4. The van der Waals surface area contributed by atoms with Gasteiger partial charge in [0, 0.05) is 32.4 Å². The van der Waals surface area contributed by atoms with Crippen LogP contribution in [0.15, 0.2) is 12.4 Å². The molecule has 1 saturated heterocycles. The molecular weight excluding hydrogens is 270 g/mol. The molecule has 8 nitrogen and oxygen atoms in total. The van der Waals surface area contributed by atoms with Crippen LogP contribution in [0, 0.1) is 5.92 Å². The minimum atomic E-state index is -3.47. The van der Waals surface area contributed by atoms with Crippen molar-refractivity contribution in [2.75, 3.05) is 26.2 Å². The second-order valence-corrected chi connectivity index (χ2v) is 6.37. The van der Waals surface area contributed by atoms with Gasteiger partial charge in [0.2, 0.25) is 0 Å². The number of hydrogen-bond donors (Lipinski definition) is 2. The standard InChI is InChI=1S/C10H19N5O3S/c16-9-10-2-1-5-15(8-10)19(17,18)12-4-7-14-6-3-11-13-14/h3,6,10,12,16H,1-2,4-5,7-9H2. The molecule has 1 unspecified atom stereocenters. The van der Waals surface area contributed by atoms with Crippen molar-refractivity contribution < 1.29 is 13.5 Å². The number of aliphatic hydroxyl groups excluding tert-OH is 1. The third kappa shape index (κ3) is 3.96. The van der Waals surface area contributed by atoms with E-state index in [1.807, 2.05) is 0 Å². The van der Waals surface area contributed by atoms with Crippen molar-refractivity contribution >= 4 is 10.2 Å². The van der Waals surface area contributed by atoms with Crippen LogP contribution >= 0.6 is 0 Å². The molecule has 1 fully saturated rings. The number of aliphatic hydroxyl groups is 1. The van der Waals surface area contributed by atoms with E-state index in [-0.39, 0.29) is 19.1 Å². The first-order valence-corrected chi connectivity index (χ1v) is 7.75. The normalized spacial score (nSPS) is 21.6. The molecule has 0 radical (unpaired) electrons. The lowest BCUT2D eigenvalue weighted by Crippen LogP contribution is -2.47. The van der Waals surface area contributed by atoms with Crippen LogP contribution in [0.2, 0.25) is 0 Å². The summed E-state index contributed by atoms with van der Waals surface area (Å²) in [5.74, 6) is 0.0423. The van der Waals surface area contributed by atoms with Gasteiger partial charge in [0.15, 0.2) is 0 Å². The zero-order valence-corrected chi connectivity index (χ0v) is 11.5. The molecule has 1 aromatic rings. The molecule has 1 aliphatic rings. The van der Waals surface area contributed by atoms with Crippen LogP contribution in [0.1, 0.15) is 12.8 Å². The molecular formula is C10H19N5O3S. The SMILES string of the molecule is O=S(=O)(NCCn1ccnn1)N1CCCC(CO)C1. The molecule has 1 aromatic heterocycles. The van der Waals surface area contributed by atoms with E-state index >= 15 is 0 Å². The minimum absolute atomic E-state index is 0.0327. The van der Waals surface area contributed by atoms with Gasteiger partial charge in [-0.05, 0) is 18.8 Å². The largest absolute Gasteiger partial charge is 0.396 e. The molecule has 0 aromatic carbocycles. The Labute approximate surface area is 112 Å². The van der Waals surface area contributed by atoms with E-state index < -0.39 is 10.2 Å². The highest BCUT2D eigenvalue weighted by molar-refractivity contribution is 7.87. The van der Waals surface area contributed by atoms with Crippen LogP contribution in [0.25, 0.3) is 0 Å². The lowest BCUT2D eigenvalue weighted by molar-refractivity contribution is 0.164. The lowest BCUT2D eigenvalue weighted by atomic mass is 10.0. The van der Waals surface area contributed by atoms with Gasteiger partial charge in [-0.25, -0.2) is 4.72 Å². The van der Waals surface area contributed by atoms with Crippen LogP contribution in [-0.4, -0.2) is 59.1 Å². The molecule has 0 saturated carbocycles. The zero-order valence-electron chi connectivity index (χ0n) is 10.6. The third-order valence-electron chi connectivity index (χ3n) is 3.18. The quantitative estimate of drug-likeness (QED) is 0.686. The van der Waals surface area contributed by atoms with Crippen molar-refractivity contribution in [2.24, 2.45) is 5.92 Å². The van der Waals surface area contributed by atoms with Crippen molar-refractivity contribution in [2.45, 2.75) is 19.4 Å². The summed E-state index contributed by atoms with van der Waals surface area (Å²) in [6.07, 6.45) is 4.89. The number of rotatable bonds is 6. The number of hydrogen-bond acceptors (Lipinski definition) is 5. The fraction of sp³-hybridized carbons (Fsp3) is 0.800. The van der Waals surface area contributed by atoms with E-state index in [4.69, 9.17) is 5.11 Å². The van der Waals surface area contributed by atoms with Gasteiger partial charge < -0.3 is 5.11 Å². The minimum Gasteiger partial charge on any atom is -0.396 e. The van der Waals surface area contributed by atoms with Gasteiger partial charge >= 0.3 is 0 Å². The monoisotopic (exact) mass is 289 g/mol. The Kier molecular flexibility index (Phi) is 4.86. The lowest BCUT2D eigenvalue weighted by Gasteiger charge is -2.30. The molecule has 2 heterocycles. The predicted molar refractivity (Wildman–Crippen MR) is 68.3 cm³/mol. The van der Waals surface area contributed by atoms with Crippen LogP contribution in [-0.2, 0) is 16.8 Å². The number of nitrogens with zero attached hydrogens (tertiary/aromatic N) is 4. The Bertz CT molecular complexity index is 475.